The van der Waals surface area contributed by atoms with Crippen LogP contribution in [0.1, 0.15) is 6.92 Å². The molecule has 10 nitrogen and oxygen atoms in total. The second-order valence-corrected chi connectivity index (χ2v) is 11.3. The molecule has 2 N–H and O–H groups in total. The van der Waals surface area contributed by atoms with Crippen LogP contribution in [0.2, 0.25) is 0 Å². The van der Waals surface area contributed by atoms with Crippen LogP contribution in [0.4, 0.5) is 17.1 Å². The van der Waals surface area contributed by atoms with Crippen molar-refractivity contribution >= 4 is 43.0 Å². The minimum atomic E-state index is -3.97. The first-order valence-electron chi connectivity index (χ1n) is 10.7. The number of hydrogen-bond donors (Lipinski definition) is 2. The fourth-order valence-corrected chi connectivity index (χ4v) is 5.68. The van der Waals surface area contributed by atoms with E-state index in [-0.39, 0.29) is 16.3 Å². The van der Waals surface area contributed by atoms with Crippen LogP contribution < -0.4 is 23.8 Å². The standard InChI is InChI=1S/C24H27N3O7S2/c1-17(27(35(4,29)30)19-8-6-5-7-9-19)24(28)25-18-10-13-21(14-11-18)36(31,32)26-22-15-12-20(33-2)16-23(22)34-3/h5-17,26H,1-4H3,(H,25,28)/t17-/m0/s1. The highest BCUT2D eigenvalue weighted by molar-refractivity contribution is 7.92. The largest absolute Gasteiger partial charge is 0.497 e. The van der Waals surface area contributed by atoms with Crippen LogP contribution >= 0.6 is 0 Å². The third-order valence-electron chi connectivity index (χ3n) is 5.18. The molecule has 0 bridgehead atoms. The Morgan fingerprint density at radius 1 is 0.889 bits per heavy atom. The van der Waals surface area contributed by atoms with Gasteiger partial charge in [-0.3, -0.25) is 13.8 Å². The molecule has 0 fully saturated rings. The van der Waals surface area contributed by atoms with Gasteiger partial charge in [-0.05, 0) is 55.5 Å². The second-order valence-electron chi connectivity index (χ2n) is 7.76. The van der Waals surface area contributed by atoms with Crippen molar-refractivity contribution in [2.24, 2.45) is 0 Å². The molecule has 3 rings (SSSR count). The SMILES string of the molecule is COc1ccc(NS(=O)(=O)c2ccc(NC(=O)[C@H](C)N(c3ccccc3)S(C)(=O)=O)cc2)c(OC)c1. The Hall–Kier alpha value is -3.77. The summed E-state index contributed by atoms with van der Waals surface area (Å²) in [5.74, 6) is 0.205. The van der Waals surface area contributed by atoms with Crippen LogP contribution in [0.15, 0.2) is 77.7 Å². The van der Waals surface area contributed by atoms with Gasteiger partial charge in [-0.25, -0.2) is 16.8 Å². The average Bonchev–Trinajstić information content (AvgIpc) is 2.84. The van der Waals surface area contributed by atoms with Gasteiger partial charge in [0.15, 0.2) is 0 Å². The molecule has 1 amide bonds. The first-order chi connectivity index (χ1) is 17.0. The van der Waals surface area contributed by atoms with E-state index in [1.165, 1.54) is 51.5 Å². The maximum Gasteiger partial charge on any atom is 0.262 e. The van der Waals surface area contributed by atoms with Gasteiger partial charge in [0, 0.05) is 11.8 Å². The van der Waals surface area contributed by atoms with E-state index in [4.69, 9.17) is 9.47 Å². The van der Waals surface area contributed by atoms with E-state index in [1.807, 2.05) is 0 Å². The minimum absolute atomic E-state index is 0.0477. The van der Waals surface area contributed by atoms with Crippen molar-refractivity contribution in [2.45, 2.75) is 17.9 Å². The number of benzene rings is 3. The van der Waals surface area contributed by atoms with Crippen molar-refractivity contribution in [3.8, 4) is 11.5 Å². The van der Waals surface area contributed by atoms with E-state index in [1.54, 1.807) is 42.5 Å². The summed E-state index contributed by atoms with van der Waals surface area (Å²) < 4.78 is 64.3. The summed E-state index contributed by atoms with van der Waals surface area (Å²) in [6.45, 7) is 1.47. The molecular formula is C24H27N3O7S2. The lowest BCUT2D eigenvalue weighted by Gasteiger charge is -2.28. The number of ether oxygens (including phenoxy) is 2. The third-order valence-corrected chi connectivity index (χ3v) is 7.81. The number of nitrogens with zero attached hydrogens (tertiary/aromatic N) is 1. The molecular weight excluding hydrogens is 506 g/mol. The Balaban J connectivity index is 1.76. The van der Waals surface area contributed by atoms with Crippen LogP contribution in [-0.2, 0) is 24.8 Å². The monoisotopic (exact) mass is 533 g/mol. The van der Waals surface area contributed by atoms with Crippen molar-refractivity contribution < 1.29 is 31.1 Å². The molecule has 36 heavy (non-hydrogen) atoms. The molecule has 12 heteroatoms. The Morgan fingerprint density at radius 2 is 1.53 bits per heavy atom. The molecule has 0 radical (unpaired) electrons. The van der Waals surface area contributed by atoms with Gasteiger partial charge in [-0.15, -0.1) is 0 Å². The zero-order valence-electron chi connectivity index (χ0n) is 20.1. The van der Waals surface area contributed by atoms with Gasteiger partial charge in [-0.1, -0.05) is 18.2 Å². The quantitative estimate of drug-likeness (QED) is 0.409. The number of sulfonamides is 2. The Morgan fingerprint density at radius 3 is 2.08 bits per heavy atom. The van der Waals surface area contributed by atoms with Crippen LogP contribution in [-0.4, -0.2) is 49.3 Å². The molecule has 3 aromatic carbocycles. The highest BCUT2D eigenvalue weighted by Gasteiger charge is 2.29. The van der Waals surface area contributed by atoms with E-state index in [9.17, 15) is 21.6 Å². The Labute approximate surface area is 211 Å². The predicted octanol–water partition coefficient (Wildman–Crippen LogP) is 3.30. The highest BCUT2D eigenvalue weighted by Crippen LogP contribution is 2.31. The molecule has 0 saturated heterocycles. The average molecular weight is 534 g/mol. The number of hydrogen-bond acceptors (Lipinski definition) is 7. The van der Waals surface area contributed by atoms with E-state index < -0.39 is 32.0 Å². The number of carbonyl (C=O) groups is 1. The summed E-state index contributed by atoms with van der Waals surface area (Å²) in [5.41, 5.74) is 0.879. The summed E-state index contributed by atoms with van der Waals surface area (Å²) >= 11 is 0. The normalized spacial score (nSPS) is 12.3. The maximum absolute atomic E-state index is 12.9. The number of carbonyl (C=O) groups excluding carboxylic acids is 1. The van der Waals surface area contributed by atoms with Gasteiger partial charge >= 0.3 is 0 Å². The molecule has 1 atom stereocenters. The number of amides is 1. The van der Waals surface area contributed by atoms with E-state index in [0.29, 0.717) is 17.1 Å². The molecule has 0 aliphatic carbocycles. The molecule has 0 aliphatic rings. The van der Waals surface area contributed by atoms with Crippen LogP contribution in [0, 0.1) is 0 Å². The third kappa shape index (κ3) is 6.26. The minimum Gasteiger partial charge on any atom is -0.497 e. The number of anilines is 3. The Kier molecular flexibility index (Phi) is 8.10. The van der Waals surface area contributed by atoms with Crippen molar-refractivity contribution in [3.63, 3.8) is 0 Å². The van der Waals surface area contributed by atoms with Gasteiger partial charge in [0.1, 0.15) is 17.5 Å². The van der Waals surface area contributed by atoms with Crippen LogP contribution in [0.5, 0.6) is 11.5 Å². The number of rotatable bonds is 10. The lowest BCUT2D eigenvalue weighted by atomic mass is 10.2. The lowest BCUT2D eigenvalue weighted by Crippen LogP contribution is -2.45. The molecule has 0 heterocycles. The number of methoxy groups -OCH3 is 2. The molecule has 0 aromatic heterocycles. The second kappa shape index (κ2) is 10.9. The van der Waals surface area contributed by atoms with Crippen molar-refractivity contribution in [1.29, 1.82) is 0 Å². The lowest BCUT2D eigenvalue weighted by molar-refractivity contribution is -0.116. The van der Waals surface area contributed by atoms with Crippen molar-refractivity contribution in [3.05, 3.63) is 72.8 Å². The molecule has 0 aliphatic heterocycles. The molecule has 3 aromatic rings. The highest BCUT2D eigenvalue weighted by atomic mass is 32.2. The summed E-state index contributed by atoms with van der Waals surface area (Å²) in [5, 5.41) is 2.63. The Bertz CT molecular complexity index is 1430. The molecule has 192 valence electrons. The fourth-order valence-electron chi connectivity index (χ4n) is 3.43. The summed E-state index contributed by atoms with van der Waals surface area (Å²) in [7, 11) is -4.82. The van der Waals surface area contributed by atoms with E-state index in [0.717, 1.165) is 10.6 Å². The first kappa shape index (κ1) is 26.8. The smallest absolute Gasteiger partial charge is 0.262 e. The maximum atomic E-state index is 12.9. The molecule has 0 unspecified atom stereocenters. The van der Waals surface area contributed by atoms with Crippen molar-refractivity contribution in [1.82, 2.24) is 0 Å². The number of nitrogens with one attached hydrogen (secondary N) is 2. The summed E-state index contributed by atoms with van der Waals surface area (Å²) in [6.07, 6.45) is 1.02. The zero-order valence-corrected chi connectivity index (χ0v) is 21.8. The van der Waals surface area contributed by atoms with Gasteiger partial charge < -0.3 is 14.8 Å². The fraction of sp³-hybridized carbons (Fsp3) is 0.208. The predicted molar refractivity (Wildman–Crippen MR) is 139 cm³/mol. The van der Waals surface area contributed by atoms with Gasteiger partial charge in [0.25, 0.3) is 10.0 Å². The first-order valence-corrected chi connectivity index (χ1v) is 14.0. The molecule has 0 spiro atoms. The van der Waals surface area contributed by atoms with Gasteiger partial charge in [-0.2, -0.15) is 0 Å². The van der Waals surface area contributed by atoms with Gasteiger partial charge in [0.05, 0.1) is 36.7 Å². The summed E-state index contributed by atoms with van der Waals surface area (Å²) in [4.78, 5) is 12.8. The van der Waals surface area contributed by atoms with Crippen LogP contribution in [0.25, 0.3) is 0 Å². The molecule has 0 saturated carbocycles. The van der Waals surface area contributed by atoms with Crippen LogP contribution in [0.3, 0.4) is 0 Å². The van der Waals surface area contributed by atoms with E-state index in [2.05, 4.69) is 10.0 Å². The number of para-hydroxylation sites is 1. The van der Waals surface area contributed by atoms with Gasteiger partial charge in [0.2, 0.25) is 15.9 Å². The zero-order chi connectivity index (χ0) is 26.5. The topological polar surface area (TPSA) is 131 Å². The summed E-state index contributed by atoms with van der Waals surface area (Å²) in [6, 6.07) is 17.3. The van der Waals surface area contributed by atoms with E-state index >= 15 is 0 Å². The van der Waals surface area contributed by atoms with Crippen molar-refractivity contribution in [2.75, 3.05) is 34.8 Å².